The molecule has 2 fully saturated rings. The van der Waals surface area contributed by atoms with E-state index in [-0.39, 0.29) is 11.8 Å². The van der Waals surface area contributed by atoms with Crippen LogP contribution >= 0.6 is 0 Å². The zero-order chi connectivity index (χ0) is 15.9. The highest BCUT2D eigenvalue weighted by molar-refractivity contribution is 5.78. The van der Waals surface area contributed by atoms with Crippen LogP contribution in [0, 0.1) is 11.8 Å². The molecule has 4 nitrogen and oxygen atoms in total. The zero-order valence-electron chi connectivity index (χ0n) is 14.0. The highest BCUT2D eigenvalue weighted by Gasteiger charge is 2.26. The van der Waals surface area contributed by atoms with Crippen molar-refractivity contribution in [1.82, 2.24) is 15.5 Å². The molecule has 2 aliphatic heterocycles. The number of carbonyl (C=O) groups excluding carboxylic acids is 1. The molecule has 2 aliphatic rings. The second kappa shape index (κ2) is 8.46. The molecule has 0 spiro atoms. The number of nitrogens with one attached hydrogen (secondary N) is 2. The second-order valence-electron chi connectivity index (χ2n) is 6.97. The minimum atomic E-state index is 0.197. The fraction of sp³-hybridized carbons (Fsp3) is 0.632. The second-order valence-corrected chi connectivity index (χ2v) is 6.97. The summed E-state index contributed by atoms with van der Waals surface area (Å²) in [4.78, 5) is 14.9. The maximum atomic E-state index is 12.3. The molecule has 2 N–H and O–H groups in total. The van der Waals surface area contributed by atoms with E-state index in [0.29, 0.717) is 6.54 Å². The minimum absolute atomic E-state index is 0.197. The number of amides is 1. The molecule has 0 unspecified atom stereocenters. The van der Waals surface area contributed by atoms with E-state index in [1.807, 2.05) is 18.2 Å². The molecule has 0 bridgehead atoms. The molecule has 0 radical (unpaired) electrons. The largest absolute Gasteiger partial charge is 0.352 e. The number of benzene rings is 1. The van der Waals surface area contributed by atoms with Crippen molar-refractivity contribution in [2.24, 2.45) is 11.8 Å². The quantitative estimate of drug-likeness (QED) is 0.874. The van der Waals surface area contributed by atoms with Gasteiger partial charge in [0.1, 0.15) is 0 Å². The lowest BCUT2D eigenvalue weighted by molar-refractivity contribution is -0.126. The van der Waals surface area contributed by atoms with Crippen LogP contribution in [-0.2, 0) is 11.3 Å². The molecule has 1 aromatic rings. The Morgan fingerprint density at radius 2 is 1.78 bits per heavy atom. The predicted molar refractivity (Wildman–Crippen MR) is 93.0 cm³/mol. The summed E-state index contributed by atoms with van der Waals surface area (Å²) in [7, 11) is 0. The molecule has 0 aromatic heterocycles. The van der Waals surface area contributed by atoms with Gasteiger partial charge in [0.2, 0.25) is 5.91 Å². The third-order valence-electron chi connectivity index (χ3n) is 5.24. The Bertz CT molecular complexity index is 477. The molecule has 0 saturated carbocycles. The van der Waals surface area contributed by atoms with Crippen molar-refractivity contribution in [2.75, 3.05) is 32.7 Å². The first-order valence-corrected chi connectivity index (χ1v) is 9.06. The van der Waals surface area contributed by atoms with Gasteiger partial charge in [0.25, 0.3) is 0 Å². The van der Waals surface area contributed by atoms with Gasteiger partial charge in [0.15, 0.2) is 0 Å². The summed E-state index contributed by atoms with van der Waals surface area (Å²) in [5, 5.41) is 6.53. The third-order valence-corrected chi connectivity index (χ3v) is 5.24. The first-order chi connectivity index (χ1) is 11.3. The van der Waals surface area contributed by atoms with E-state index in [0.717, 1.165) is 31.8 Å². The highest BCUT2D eigenvalue weighted by atomic mass is 16.1. The fourth-order valence-electron chi connectivity index (χ4n) is 3.74. The van der Waals surface area contributed by atoms with Crippen LogP contribution in [0.4, 0.5) is 0 Å². The molecule has 1 amide bonds. The third kappa shape index (κ3) is 5.05. The van der Waals surface area contributed by atoms with Crippen LogP contribution in [0.3, 0.4) is 0 Å². The Morgan fingerprint density at radius 1 is 1.09 bits per heavy atom. The van der Waals surface area contributed by atoms with Gasteiger partial charge in [-0.15, -0.1) is 0 Å². The SMILES string of the molecule is O=C(NCc1ccccc1)C1CCN(CC2CCNCC2)CC1. The summed E-state index contributed by atoms with van der Waals surface area (Å²) < 4.78 is 0. The first-order valence-electron chi connectivity index (χ1n) is 9.06. The van der Waals surface area contributed by atoms with Crippen molar-refractivity contribution in [3.63, 3.8) is 0 Å². The molecule has 2 saturated heterocycles. The summed E-state index contributed by atoms with van der Waals surface area (Å²) in [5.41, 5.74) is 1.17. The van der Waals surface area contributed by atoms with E-state index < -0.39 is 0 Å². The van der Waals surface area contributed by atoms with Gasteiger partial charge in [-0.2, -0.15) is 0 Å². The van der Waals surface area contributed by atoms with E-state index >= 15 is 0 Å². The fourth-order valence-corrected chi connectivity index (χ4v) is 3.74. The van der Waals surface area contributed by atoms with E-state index in [1.54, 1.807) is 0 Å². The van der Waals surface area contributed by atoms with E-state index in [2.05, 4.69) is 27.7 Å². The maximum absolute atomic E-state index is 12.3. The van der Waals surface area contributed by atoms with E-state index in [1.165, 1.54) is 38.0 Å². The van der Waals surface area contributed by atoms with Gasteiger partial charge in [0.05, 0.1) is 0 Å². The van der Waals surface area contributed by atoms with E-state index in [4.69, 9.17) is 0 Å². The molecular weight excluding hydrogens is 286 g/mol. The number of hydrogen-bond donors (Lipinski definition) is 2. The number of likely N-dealkylation sites (tertiary alicyclic amines) is 1. The first kappa shape index (κ1) is 16.5. The number of carbonyl (C=O) groups is 1. The van der Waals surface area contributed by atoms with Gasteiger partial charge in [-0.25, -0.2) is 0 Å². The molecule has 2 heterocycles. The monoisotopic (exact) mass is 315 g/mol. The van der Waals surface area contributed by atoms with Crippen LogP contribution in [0.5, 0.6) is 0 Å². The van der Waals surface area contributed by atoms with E-state index in [9.17, 15) is 4.79 Å². The lowest BCUT2D eigenvalue weighted by Crippen LogP contribution is -2.43. The van der Waals surface area contributed by atoms with Gasteiger partial charge in [-0.05, 0) is 63.3 Å². The Hall–Kier alpha value is -1.39. The topological polar surface area (TPSA) is 44.4 Å². The Morgan fingerprint density at radius 3 is 2.48 bits per heavy atom. The summed E-state index contributed by atoms with van der Waals surface area (Å²) >= 11 is 0. The molecule has 23 heavy (non-hydrogen) atoms. The normalized spacial score (nSPS) is 21.2. The number of hydrogen-bond acceptors (Lipinski definition) is 3. The lowest BCUT2D eigenvalue weighted by Gasteiger charge is -2.35. The minimum Gasteiger partial charge on any atom is -0.352 e. The lowest BCUT2D eigenvalue weighted by atomic mass is 9.93. The molecule has 3 rings (SSSR count). The Kier molecular flexibility index (Phi) is 6.06. The summed E-state index contributed by atoms with van der Waals surface area (Å²) in [6.07, 6.45) is 4.62. The van der Waals surface area contributed by atoms with Crippen molar-refractivity contribution in [3.8, 4) is 0 Å². The van der Waals surface area contributed by atoms with Gasteiger partial charge >= 0.3 is 0 Å². The van der Waals surface area contributed by atoms with Gasteiger partial charge in [0, 0.05) is 19.0 Å². The number of rotatable bonds is 5. The molecule has 0 atom stereocenters. The van der Waals surface area contributed by atoms with Crippen LogP contribution in [-0.4, -0.2) is 43.5 Å². The average molecular weight is 315 g/mol. The van der Waals surface area contributed by atoms with Crippen molar-refractivity contribution in [1.29, 1.82) is 0 Å². The number of piperidine rings is 2. The molecule has 0 aliphatic carbocycles. The molecular formula is C19H29N3O. The van der Waals surface area contributed by atoms with Crippen LogP contribution in [0.2, 0.25) is 0 Å². The zero-order valence-corrected chi connectivity index (χ0v) is 14.0. The molecule has 126 valence electrons. The van der Waals surface area contributed by atoms with Gasteiger partial charge in [-0.1, -0.05) is 30.3 Å². The summed E-state index contributed by atoms with van der Waals surface area (Å²) in [5.74, 6) is 1.28. The average Bonchev–Trinajstić information content (AvgIpc) is 2.62. The maximum Gasteiger partial charge on any atom is 0.223 e. The predicted octanol–water partition coefficient (Wildman–Crippen LogP) is 2.01. The van der Waals surface area contributed by atoms with Crippen LogP contribution < -0.4 is 10.6 Å². The van der Waals surface area contributed by atoms with Crippen molar-refractivity contribution in [3.05, 3.63) is 35.9 Å². The number of nitrogens with zero attached hydrogens (tertiary/aromatic N) is 1. The summed E-state index contributed by atoms with van der Waals surface area (Å²) in [6.45, 7) is 6.36. The Labute approximate surface area is 139 Å². The van der Waals surface area contributed by atoms with Crippen molar-refractivity contribution < 1.29 is 4.79 Å². The molecule has 1 aromatic carbocycles. The van der Waals surface area contributed by atoms with Crippen LogP contribution in [0.25, 0.3) is 0 Å². The van der Waals surface area contributed by atoms with Gasteiger partial charge < -0.3 is 15.5 Å². The summed E-state index contributed by atoms with van der Waals surface area (Å²) in [6, 6.07) is 10.1. The Balaban J connectivity index is 1.37. The smallest absolute Gasteiger partial charge is 0.223 e. The van der Waals surface area contributed by atoms with Crippen molar-refractivity contribution >= 4 is 5.91 Å². The van der Waals surface area contributed by atoms with Gasteiger partial charge in [-0.3, -0.25) is 4.79 Å². The van der Waals surface area contributed by atoms with Crippen LogP contribution in [0.15, 0.2) is 30.3 Å². The standard InChI is InChI=1S/C19H29N3O/c23-19(21-14-16-4-2-1-3-5-16)18-8-12-22(13-9-18)15-17-6-10-20-11-7-17/h1-5,17-18,20H,6-15H2,(H,21,23). The molecule has 4 heteroatoms. The highest BCUT2D eigenvalue weighted by Crippen LogP contribution is 2.21. The van der Waals surface area contributed by atoms with Crippen LogP contribution in [0.1, 0.15) is 31.2 Å². The van der Waals surface area contributed by atoms with Crippen molar-refractivity contribution in [2.45, 2.75) is 32.2 Å².